The lowest BCUT2D eigenvalue weighted by Gasteiger charge is -2.47. The summed E-state index contributed by atoms with van der Waals surface area (Å²) in [4.78, 5) is 2.45. The first-order valence-corrected chi connectivity index (χ1v) is 6.37. The SMILES string of the molecule is CC1(N)CN(CC2CCOc3ccccc32)C1. The number of hydrogen-bond acceptors (Lipinski definition) is 3. The number of fused-ring (bicyclic) bond motifs is 1. The van der Waals surface area contributed by atoms with Crippen LogP contribution in [0.15, 0.2) is 24.3 Å². The molecule has 2 aliphatic heterocycles. The Labute approximate surface area is 103 Å². The van der Waals surface area contributed by atoms with Crippen molar-refractivity contribution in [2.45, 2.75) is 24.8 Å². The molecule has 1 fully saturated rings. The molecule has 0 spiro atoms. The van der Waals surface area contributed by atoms with Gasteiger partial charge in [0, 0.05) is 31.1 Å². The fourth-order valence-electron chi connectivity index (χ4n) is 3.02. The van der Waals surface area contributed by atoms with E-state index >= 15 is 0 Å². The summed E-state index contributed by atoms with van der Waals surface area (Å²) in [7, 11) is 0. The molecule has 1 saturated heterocycles. The van der Waals surface area contributed by atoms with Crippen LogP contribution in [0.4, 0.5) is 0 Å². The van der Waals surface area contributed by atoms with Gasteiger partial charge in [-0.25, -0.2) is 0 Å². The molecule has 0 radical (unpaired) electrons. The number of nitrogens with zero attached hydrogens (tertiary/aromatic N) is 1. The van der Waals surface area contributed by atoms with Gasteiger partial charge in [0.25, 0.3) is 0 Å². The number of nitrogens with two attached hydrogens (primary N) is 1. The lowest BCUT2D eigenvalue weighted by molar-refractivity contribution is 0.0714. The van der Waals surface area contributed by atoms with Gasteiger partial charge in [-0.1, -0.05) is 18.2 Å². The van der Waals surface area contributed by atoms with Gasteiger partial charge < -0.3 is 10.5 Å². The average molecular weight is 232 g/mol. The van der Waals surface area contributed by atoms with Gasteiger partial charge in [-0.15, -0.1) is 0 Å². The molecule has 17 heavy (non-hydrogen) atoms. The molecule has 92 valence electrons. The summed E-state index contributed by atoms with van der Waals surface area (Å²) in [5, 5.41) is 0. The fourth-order valence-corrected chi connectivity index (χ4v) is 3.02. The second-order valence-electron chi connectivity index (χ2n) is 5.70. The van der Waals surface area contributed by atoms with Crippen molar-refractivity contribution >= 4 is 0 Å². The predicted molar refractivity (Wildman–Crippen MR) is 68.3 cm³/mol. The highest BCUT2D eigenvalue weighted by atomic mass is 16.5. The number of hydrogen-bond donors (Lipinski definition) is 1. The van der Waals surface area contributed by atoms with Crippen molar-refractivity contribution in [2.75, 3.05) is 26.2 Å². The second kappa shape index (κ2) is 4.00. The minimum Gasteiger partial charge on any atom is -0.493 e. The summed E-state index contributed by atoms with van der Waals surface area (Å²) in [5.74, 6) is 1.68. The average Bonchev–Trinajstić information content (AvgIpc) is 2.27. The zero-order valence-electron chi connectivity index (χ0n) is 10.4. The summed E-state index contributed by atoms with van der Waals surface area (Å²) >= 11 is 0. The maximum absolute atomic E-state index is 6.05. The summed E-state index contributed by atoms with van der Waals surface area (Å²) < 4.78 is 5.68. The van der Waals surface area contributed by atoms with Crippen LogP contribution in [0.2, 0.25) is 0 Å². The Morgan fingerprint density at radius 1 is 1.41 bits per heavy atom. The fraction of sp³-hybridized carbons (Fsp3) is 0.571. The van der Waals surface area contributed by atoms with Crippen molar-refractivity contribution in [3.05, 3.63) is 29.8 Å². The van der Waals surface area contributed by atoms with E-state index < -0.39 is 0 Å². The Kier molecular flexibility index (Phi) is 2.60. The van der Waals surface area contributed by atoms with Crippen LogP contribution >= 0.6 is 0 Å². The number of ether oxygens (including phenoxy) is 1. The normalized spacial score (nSPS) is 26.8. The molecule has 2 aliphatic rings. The van der Waals surface area contributed by atoms with Crippen LogP contribution in [0, 0.1) is 0 Å². The molecule has 1 aromatic carbocycles. The molecular formula is C14H20N2O. The first kappa shape index (κ1) is 11.1. The maximum atomic E-state index is 6.05. The van der Waals surface area contributed by atoms with Crippen LogP contribution in [0.5, 0.6) is 5.75 Å². The molecule has 1 atom stereocenters. The van der Waals surface area contributed by atoms with Gasteiger partial charge in [-0.05, 0) is 25.0 Å². The van der Waals surface area contributed by atoms with Crippen LogP contribution < -0.4 is 10.5 Å². The molecule has 1 unspecified atom stereocenters. The van der Waals surface area contributed by atoms with Crippen molar-refractivity contribution in [2.24, 2.45) is 5.73 Å². The third-order valence-corrected chi connectivity index (χ3v) is 3.73. The van der Waals surface area contributed by atoms with E-state index in [2.05, 4.69) is 30.0 Å². The minimum atomic E-state index is 0.0324. The standard InChI is InChI=1S/C14H20N2O/c1-14(15)9-16(10-14)8-11-6-7-17-13-5-3-2-4-12(11)13/h2-5,11H,6-10,15H2,1H3. The Morgan fingerprint density at radius 2 is 2.18 bits per heavy atom. The zero-order valence-corrected chi connectivity index (χ0v) is 10.4. The van der Waals surface area contributed by atoms with Crippen molar-refractivity contribution in [1.29, 1.82) is 0 Å². The Morgan fingerprint density at radius 3 is 2.94 bits per heavy atom. The zero-order chi connectivity index (χ0) is 11.9. The van der Waals surface area contributed by atoms with Crippen LogP contribution in [-0.2, 0) is 0 Å². The Balaban J connectivity index is 1.69. The number of benzene rings is 1. The molecule has 0 saturated carbocycles. The molecule has 0 aromatic heterocycles. The third kappa shape index (κ3) is 2.17. The van der Waals surface area contributed by atoms with E-state index in [4.69, 9.17) is 10.5 Å². The van der Waals surface area contributed by atoms with E-state index in [9.17, 15) is 0 Å². The molecule has 2 heterocycles. The van der Waals surface area contributed by atoms with E-state index in [1.54, 1.807) is 0 Å². The summed E-state index contributed by atoms with van der Waals surface area (Å²) in [6.07, 6.45) is 1.12. The quantitative estimate of drug-likeness (QED) is 0.841. The van der Waals surface area contributed by atoms with Gasteiger partial charge in [0.15, 0.2) is 0 Å². The van der Waals surface area contributed by atoms with E-state index in [1.165, 1.54) is 5.56 Å². The van der Waals surface area contributed by atoms with Gasteiger partial charge in [0.05, 0.1) is 6.61 Å². The topological polar surface area (TPSA) is 38.5 Å². The van der Waals surface area contributed by atoms with Gasteiger partial charge in [-0.2, -0.15) is 0 Å². The molecule has 0 amide bonds. The van der Waals surface area contributed by atoms with E-state index in [0.29, 0.717) is 5.92 Å². The Bertz CT molecular complexity index is 408. The van der Waals surface area contributed by atoms with Crippen molar-refractivity contribution in [1.82, 2.24) is 4.90 Å². The molecule has 1 aromatic rings. The van der Waals surface area contributed by atoms with Gasteiger partial charge >= 0.3 is 0 Å². The van der Waals surface area contributed by atoms with E-state index in [0.717, 1.165) is 38.4 Å². The summed E-state index contributed by atoms with van der Waals surface area (Å²) in [6.45, 7) is 6.13. The van der Waals surface area contributed by atoms with Gasteiger partial charge in [0.2, 0.25) is 0 Å². The number of rotatable bonds is 2. The summed E-state index contributed by atoms with van der Waals surface area (Å²) in [5.41, 5.74) is 7.44. The lowest BCUT2D eigenvalue weighted by atomic mass is 9.88. The third-order valence-electron chi connectivity index (χ3n) is 3.73. The second-order valence-corrected chi connectivity index (χ2v) is 5.70. The molecule has 2 N–H and O–H groups in total. The van der Waals surface area contributed by atoms with Crippen LogP contribution in [0.25, 0.3) is 0 Å². The predicted octanol–water partition coefficient (Wildman–Crippen LogP) is 1.59. The molecule has 0 aliphatic carbocycles. The van der Waals surface area contributed by atoms with Crippen LogP contribution in [-0.4, -0.2) is 36.7 Å². The van der Waals surface area contributed by atoms with Crippen LogP contribution in [0.1, 0.15) is 24.8 Å². The van der Waals surface area contributed by atoms with Crippen molar-refractivity contribution < 1.29 is 4.74 Å². The largest absolute Gasteiger partial charge is 0.493 e. The first-order valence-electron chi connectivity index (χ1n) is 6.37. The van der Waals surface area contributed by atoms with Gasteiger partial charge in [0.1, 0.15) is 5.75 Å². The van der Waals surface area contributed by atoms with E-state index in [1.807, 2.05) is 6.07 Å². The number of para-hydroxylation sites is 1. The highest BCUT2D eigenvalue weighted by Gasteiger charge is 2.36. The van der Waals surface area contributed by atoms with Crippen molar-refractivity contribution in [3.63, 3.8) is 0 Å². The maximum Gasteiger partial charge on any atom is 0.122 e. The van der Waals surface area contributed by atoms with Crippen molar-refractivity contribution in [3.8, 4) is 5.75 Å². The smallest absolute Gasteiger partial charge is 0.122 e. The minimum absolute atomic E-state index is 0.0324. The van der Waals surface area contributed by atoms with Gasteiger partial charge in [-0.3, -0.25) is 4.90 Å². The lowest BCUT2D eigenvalue weighted by Crippen LogP contribution is -2.65. The molecule has 3 nitrogen and oxygen atoms in total. The summed E-state index contributed by atoms with van der Waals surface area (Å²) in [6, 6.07) is 8.41. The monoisotopic (exact) mass is 232 g/mol. The molecule has 3 rings (SSSR count). The number of likely N-dealkylation sites (tertiary alicyclic amines) is 1. The molecule has 0 bridgehead atoms. The Hall–Kier alpha value is -1.06. The molecule has 3 heteroatoms. The first-order chi connectivity index (χ1) is 8.14. The highest BCUT2D eigenvalue weighted by molar-refractivity contribution is 5.38. The van der Waals surface area contributed by atoms with Crippen LogP contribution in [0.3, 0.4) is 0 Å². The van der Waals surface area contributed by atoms with E-state index in [-0.39, 0.29) is 5.54 Å². The highest BCUT2D eigenvalue weighted by Crippen LogP contribution is 2.35. The molecular weight excluding hydrogens is 212 g/mol.